The predicted molar refractivity (Wildman–Crippen MR) is 63.8 cm³/mol. The molecule has 2 N–H and O–H groups in total. The Balaban J connectivity index is 1.87. The van der Waals surface area contributed by atoms with Crippen molar-refractivity contribution in [2.75, 3.05) is 0 Å². The van der Waals surface area contributed by atoms with Gasteiger partial charge in [-0.15, -0.1) is 0 Å². The Labute approximate surface area is 98.2 Å². The van der Waals surface area contributed by atoms with Crippen molar-refractivity contribution in [2.45, 2.75) is 58.2 Å². The van der Waals surface area contributed by atoms with E-state index in [1.807, 2.05) is 6.92 Å². The van der Waals surface area contributed by atoms with Gasteiger partial charge >= 0.3 is 7.12 Å². The van der Waals surface area contributed by atoms with Crippen LogP contribution in [0.4, 0.5) is 0 Å². The van der Waals surface area contributed by atoms with Crippen LogP contribution in [-0.2, 0) is 9.31 Å². The summed E-state index contributed by atoms with van der Waals surface area (Å²) in [6.45, 7) is 8.93. The number of hydrogen-bond donors (Lipinski definition) is 1. The lowest BCUT2D eigenvalue weighted by molar-refractivity contribution is -0.199. The second-order valence-electron chi connectivity index (χ2n) is 6.70. The molecule has 0 amide bonds. The van der Waals surface area contributed by atoms with Gasteiger partial charge in [0.1, 0.15) is 0 Å². The summed E-state index contributed by atoms with van der Waals surface area (Å²) in [6, 6.07) is 0. The second-order valence-corrected chi connectivity index (χ2v) is 6.70. The van der Waals surface area contributed by atoms with Gasteiger partial charge in [-0.25, -0.2) is 0 Å². The van der Waals surface area contributed by atoms with Gasteiger partial charge in [-0.3, -0.25) is 0 Å². The van der Waals surface area contributed by atoms with Crippen molar-refractivity contribution in [1.29, 1.82) is 0 Å². The van der Waals surface area contributed by atoms with E-state index in [2.05, 4.69) is 20.8 Å². The standard InChI is InChI=1S/C12H22BNO2/c1-7(14)13-15-10-6-8-5-9(11(8,2)3)12(10,4)16-13/h7-10H,5-6,14H2,1-4H3/t7-,8-,9?,10+,12-/m0/s1. The van der Waals surface area contributed by atoms with Crippen molar-refractivity contribution in [3.63, 3.8) is 0 Å². The molecule has 4 aliphatic rings. The van der Waals surface area contributed by atoms with Crippen molar-refractivity contribution in [3.8, 4) is 0 Å². The van der Waals surface area contributed by atoms with Crippen molar-refractivity contribution >= 4 is 7.12 Å². The van der Waals surface area contributed by atoms with Crippen LogP contribution in [-0.4, -0.2) is 24.8 Å². The molecule has 1 saturated heterocycles. The summed E-state index contributed by atoms with van der Waals surface area (Å²) in [4.78, 5) is 0. The topological polar surface area (TPSA) is 44.5 Å². The second kappa shape index (κ2) is 3.03. The van der Waals surface area contributed by atoms with E-state index in [9.17, 15) is 0 Å². The van der Waals surface area contributed by atoms with Crippen molar-refractivity contribution in [2.24, 2.45) is 23.0 Å². The highest BCUT2D eigenvalue weighted by Gasteiger charge is 2.68. The van der Waals surface area contributed by atoms with Crippen LogP contribution in [0.3, 0.4) is 0 Å². The molecule has 4 heteroatoms. The Bertz CT molecular complexity index is 320. The third-order valence-electron chi connectivity index (χ3n) is 5.40. The first-order chi connectivity index (χ1) is 7.35. The molecule has 1 unspecified atom stereocenters. The molecule has 90 valence electrons. The average molecular weight is 223 g/mol. The van der Waals surface area contributed by atoms with E-state index in [-0.39, 0.29) is 24.8 Å². The minimum absolute atomic E-state index is 0.0391. The van der Waals surface area contributed by atoms with Crippen LogP contribution in [0.2, 0.25) is 0 Å². The van der Waals surface area contributed by atoms with Crippen LogP contribution in [0.15, 0.2) is 0 Å². The molecule has 4 fully saturated rings. The third kappa shape index (κ3) is 1.16. The van der Waals surface area contributed by atoms with E-state index in [0.717, 1.165) is 12.3 Å². The molecular weight excluding hydrogens is 201 g/mol. The first-order valence-electron chi connectivity index (χ1n) is 6.44. The summed E-state index contributed by atoms with van der Waals surface area (Å²) in [5.74, 6) is 1.40. The van der Waals surface area contributed by atoms with E-state index in [1.54, 1.807) is 0 Å². The summed E-state index contributed by atoms with van der Waals surface area (Å²) < 4.78 is 12.1. The largest absolute Gasteiger partial charge is 0.475 e. The number of hydrogen-bond acceptors (Lipinski definition) is 3. The Hall–Kier alpha value is -0.0551. The fourth-order valence-corrected chi connectivity index (χ4v) is 4.13. The molecule has 3 nitrogen and oxygen atoms in total. The Kier molecular flexibility index (Phi) is 2.10. The Morgan fingerprint density at radius 2 is 2.00 bits per heavy atom. The normalized spacial score (nSPS) is 50.8. The molecule has 0 aromatic rings. The van der Waals surface area contributed by atoms with E-state index in [1.165, 1.54) is 6.42 Å². The zero-order valence-corrected chi connectivity index (χ0v) is 10.7. The molecule has 1 heterocycles. The molecular formula is C12H22BNO2. The number of nitrogens with two attached hydrogens (primary N) is 1. The molecule has 3 saturated carbocycles. The van der Waals surface area contributed by atoms with Gasteiger partial charge < -0.3 is 15.0 Å². The highest BCUT2D eigenvalue weighted by atomic mass is 16.7. The molecule has 0 spiro atoms. The highest BCUT2D eigenvalue weighted by molar-refractivity contribution is 6.47. The van der Waals surface area contributed by atoms with Crippen LogP contribution < -0.4 is 5.73 Å². The first-order valence-corrected chi connectivity index (χ1v) is 6.44. The lowest BCUT2D eigenvalue weighted by Gasteiger charge is -2.64. The summed E-state index contributed by atoms with van der Waals surface area (Å²) in [6.07, 6.45) is 2.71. The van der Waals surface area contributed by atoms with Crippen molar-refractivity contribution in [3.05, 3.63) is 0 Å². The SMILES string of the molecule is C[C@H](N)B1O[C@@H]2C[C@@H]3CC(C3(C)C)[C@]2(C)O1. The first kappa shape index (κ1) is 11.1. The Morgan fingerprint density at radius 3 is 2.56 bits per heavy atom. The maximum Gasteiger partial charge on any atom is 0.475 e. The minimum atomic E-state index is -0.204. The van der Waals surface area contributed by atoms with E-state index in [0.29, 0.717) is 11.3 Å². The maximum absolute atomic E-state index is 6.15. The third-order valence-corrected chi connectivity index (χ3v) is 5.40. The smallest absolute Gasteiger partial charge is 0.404 e. The summed E-state index contributed by atoms with van der Waals surface area (Å²) in [5.41, 5.74) is 6.20. The highest BCUT2D eigenvalue weighted by Crippen LogP contribution is 2.65. The van der Waals surface area contributed by atoms with Gasteiger partial charge in [0.2, 0.25) is 0 Å². The van der Waals surface area contributed by atoms with Crippen LogP contribution in [0.5, 0.6) is 0 Å². The lowest BCUT2D eigenvalue weighted by Crippen LogP contribution is -2.65. The van der Waals surface area contributed by atoms with Gasteiger partial charge in [-0.1, -0.05) is 20.8 Å². The van der Waals surface area contributed by atoms with Crippen molar-refractivity contribution < 1.29 is 9.31 Å². The van der Waals surface area contributed by atoms with Crippen LogP contribution >= 0.6 is 0 Å². The zero-order chi connectivity index (χ0) is 11.7. The molecule has 0 aromatic carbocycles. The van der Waals surface area contributed by atoms with Gasteiger partial charge in [0.05, 0.1) is 11.7 Å². The zero-order valence-electron chi connectivity index (χ0n) is 10.7. The van der Waals surface area contributed by atoms with Gasteiger partial charge in [-0.05, 0) is 37.0 Å². The molecule has 1 aliphatic heterocycles. The van der Waals surface area contributed by atoms with E-state index in [4.69, 9.17) is 15.0 Å². The molecule has 5 atom stereocenters. The summed E-state index contributed by atoms with van der Waals surface area (Å²) in [7, 11) is -0.204. The maximum atomic E-state index is 6.15. The van der Waals surface area contributed by atoms with Crippen LogP contribution in [0.25, 0.3) is 0 Å². The van der Waals surface area contributed by atoms with E-state index < -0.39 is 0 Å². The molecule has 0 aromatic heterocycles. The monoisotopic (exact) mass is 223 g/mol. The van der Waals surface area contributed by atoms with E-state index >= 15 is 0 Å². The molecule has 2 bridgehead atoms. The van der Waals surface area contributed by atoms with Crippen molar-refractivity contribution in [1.82, 2.24) is 0 Å². The molecule has 4 rings (SSSR count). The van der Waals surface area contributed by atoms with Gasteiger partial charge in [0, 0.05) is 5.94 Å². The minimum Gasteiger partial charge on any atom is -0.404 e. The Morgan fingerprint density at radius 1 is 1.31 bits per heavy atom. The fraction of sp³-hybridized carbons (Fsp3) is 1.00. The quantitative estimate of drug-likeness (QED) is 0.686. The number of rotatable bonds is 1. The van der Waals surface area contributed by atoms with Gasteiger partial charge in [0.15, 0.2) is 0 Å². The summed E-state index contributed by atoms with van der Waals surface area (Å²) in [5, 5.41) is 0. The van der Waals surface area contributed by atoms with Crippen LogP contribution in [0, 0.1) is 17.3 Å². The van der Waals surface area contributed by atoms with Crippen LogP contribution in [0.1, 0.15) is 40.5 Å². The predicted octanol–water partition coefficient (Wildman–Crippen LogP) is 1.60. The van der Waals surface area contributed by atoms with Gasteiger partial charge in [0.25, 0.3) is 0 Å². The molecule has 3 aliphatic carbocycles. The molecule has 16 heavy (non-hydrogen) atoms. The summed E-state index contributed by atoms with van der Waals surface area (Å²) >= 11 is 0. The van der Waals surface area contributed by atoms with Gasteiger partial charge in [-0.2, -0.15) is 0 Å². The fourth-order valence-electron chi connectivity index (χ4n) is 4.13. The lowest BCUT2D eigenvalue weighted by atomic mass is 9.43. The molecule has 0 radical (unpaired) electrons. The average Bonchev–Trinajstić information content (AvgIpc) is 2.54.